The summed E-state index contributed by atoms with van der Waals surface area (Å²) in [4.78, 5) is 24.1. The molecule has 8 nitrogen and oxygen atoms in total. The molecule has 0 saturated heterocycles. The van der Waals surface area contributed by atoms with E-state index in [1.165, 1.54) is 18.2 Å². The van der Waals surface area contributed by atoms with E-state index in [9.17, 15) is 31.9 Å². The van der Waals surface area contributed by atoms with Gasteiger partial charge in [-0.15, -0.1) is 0 Å². The molecule has 1 aromatic heterocycles. The van der Waals surface area contributed by atoms with Crippen LogP contribution in [0.4, 0.5) is 8.78 Å². The molecule has 30 heavy (non-hydrogen) atoms. The van der Waals surface area contributed by atoms with Crippen molar-refractivity contribution in [3.63, 3.8) is 0 Å². The molecular weight excluding hydrogens is 422 g/mol. The lowest BCUT2D eigenvalue weighted by Crippen LogP contribution is -2.51. The van der Waals surface area contributed by atoms with E-state index in [1.54, 1.807) is 11.6 Å². The van der Waals surface area contributed by atoms with Crippen LogP contribution in [-0.2, 0) is 25.8 Å². The molecule has 0 radical (unpaired) electrons. The Morgan fingerprint density at radius 1 is 1.17 bits per heavy atom. The lowest BCUT2D eigenvalue weighted by molar-refractivity contribution is -0.119. The second kappa shape index (κ2) is 8.62. The number of halogens is 2. The minimum absolute atomic E-state index is 0.0749. The third-order valence-electron chi connectivity index (χ3n) is 4.44. The highest BCUT2D eigenvalue weighted by molar-refractivity contribution is 7.90. The Morgan fingerprint density at radius 3 is 2.27 bits per heavy atom. The van der Waals surface area contributed by atoms with Gasteiger partial charge in [0.1, 0.15) is 6.61 Å². The van der Waals surface area contributed by atoms with Crippen LogP contribution in [0.2, 0.25) is 0 Å². The van der Waals surface area contributed by atoms with E-state index in [0.717, 1.165) is 31.3 Å². The van der Waals surface area contributed by atoms with E-state index in [2.05, 4.69) is 0 Å². The van der Waals surface area contributed by atoms with Crippen molar-refractivity contribution in [1.29, 1.82) is 0 Å². The number of alkyl halides is 2. The number of amides is 1. The smallest absolute Gasteiger partial charge is 0.295 e. The first-order valence-corrected chi connectivity index (χ1v) is 10.4. The molecule has 1 aromatic carbocycles. The second-order valence-corrected chi connectivity index (χ2v) is 8.76. The first kappa shape index (κ1) is 23.6. The van der Waals surface area contributed by atoms with Gasteiger partial charge in [0.05, 0.1) is 0 Å². The molecule has 164 valence electrons. The molecule has 1 heterocycles. The molecule has 0 spiro atoms. The Labute approximate surface area is 171 Å². The molecule has 0 aliphatic carbocycles. The van der Waals surface area contributed by atoms with Crippen LogP contribution in [-0.4, -0.2) is 35.7 Å². The zero-order valence-corrected chi connectivity index (χ0v) is 17.1. The highest BCUT2D eigenvalue weighted by atomic mass is 32.2. The lowest BCUT2D eigenvalue weighted by Gasteiger charge is -2.26. The first-order chi connectivity index (χ1) is 13.9. The van der Waals surface area contributed by atoms with Crippen molar-refractivity contribution in [2.75, 3.05) is 6.61 Å². The molecule has 11 heteroatoms. The average molecular weight is 444 g/mol. The van der Waals surface area contributed by atoms with Crippen LogP contribution in [0, 0.1) is 0 Å². The number of nitrogens with zero attached hydrogens (tertiary/aromatic N) is 1. The van der Waals surface area contributed by atoms with Gasteiger partial charge in [0.2, 0.25) is 5.91 Å². The predicted octanol–water partition coefficient (Wildman–Crippen LogP) is 1.47. The van der Waals surface area contributed by atoms with Gasteiger partial charge in [0.15, 0.2) is 0 Å². The quantitative estimate of drug-likeness (QED) is 0.566. The van der Waals surface area contributed by atoms with Crippen molar-refractivity contribution in [2.24, 2.45) is 0 Å². The monoisotopic (exact) mass is 444 g/mol. The summed E-state index contributed by atoms with van der Waals surface area (Å²) in [5, 5.41) is 16.5. The predicted molar refractivity (Wildman–Crippen MR) is 105 cm³/mol. The maximum absolute atomic E-state index is 13.5. The Balaban J connectivity index is 2.37. The maximum atomic E-state index is 13.5. The Hall–Kier alpha value is -2.63. The second-order valence-electron chi connectivity index (χ2n) is 6.78. The molecule has 1 unspecified atom stereocenters. The highest BCUT2D eigenvalue weighted by Crippen LogP contribution is 2.29. The Bertz CT molecular complexity index is 1080. The van der Waals surface area contributed by atoms with E-state index in [1.807, 2.05) is 0 Å². The summed E-state index contributed by atoms with van der Waals surface area (Å²) >= 11 is 0. The van der Waals surface area contributed by atoms with Gasteiger partial charge in [-0.3, -0.25) is 14.2 Å². The number of carbonyl (C=O) groups is 1. The number of hydrogen-bond acceptors (Lipinski definition) is 6. The van der Waals surface area contributed by atoms with Gasteiger partial charge >= 0.3 is 0 Å². The summed E-state index contributed by atoms with van der Waals surface area (Å²) in [6.45, 7) is 1.17. The van der Waals surface area contributed by atoms with E-state index < -0.39 is 44.6 Å². The standard InChI is InChI=1S/C19H22F2N2O6S/c1-3-4-16(25)22-30(28,29)18(2,27)23-10-9-14(11-17(23)26)13-5-7-15(8-6-13)19(20,21)12-24/h5-11,24,27H,3-4,12H2,1-2H3,(H,22,25). The van der Waals surface area contributed by atoms with E-state index >= 15 is 0 Å². The Morgan fingerprint density at radius 2 is 1.77 bits per heavy atom. The first-order valence-electron chi connectivity index (χ1n) is 8.96. The van der Waals surface area contributed by atoms with Gasteiger partial charge in [-0.2, -0.15) is 8.78 Å². The summed E-state index contributed by atoms with van der Waals surface area (Å²) in [7, 11) is -4.65. The van der Waals surface area contributed by atoms with E-state index in [4.69, 9.17) is 5.11 Å². The van der Waals surface area contributed by atoms with Crippen molar-refractivity contribution < 1.29 is 32.2 Å². The van der Waals surface area contributed by atoms with Crippen molar-refractivity contribution >= 4 is 15.9 Å². The fourth-order valence-electron chi connectivity index (χ4n) is 2.65. The molecular formula is C19H22F2N2O6S. The summed E-state index contributed by atoms with van der Waals surface area (Å²) in [6.07, 6.45) is 1.34. The number of carbonyl (C=O) groups excluding carboxylic acids is 1. The van der Waals surface area contributed by atoms with Crippen LogP contribution in [0.5, 0.6) is 0 Å². The molecule has 3 N–H and O–H groups in total. The van der Waals surface area contributed by atoms with E-state index in [-0.39, 0.29) is 6.42 Å². The van der Waals surface area contributed by atoms with Crippen LogP contribution in [0.1, 0.15) is 32.3 Å². The van der Waals surface area contributed by atoms with Crippen LogP contribution in [0.3, 0.4) is 0 Å². The molecule has 2 rings (SSSR count). The van der Waals surface area contributed by atoms with Gasteiger partial charge < -0.3 is 10.2 Å². The summed E-state index contributed by atoms with van der Waals surface area (Å²) < 4.78 is 54.0. The maximum Gasteiger partial charge on any atom is 0.295 e. The van der Waals surface area contributed by atoms with E-state index in [0.29, 0.717) is 22.1 Å². The number of sulfonamides is 1. The zero-order valence-electron chi connectivity index (χ0n) is 16.3. The lowest BCUT2D eigenvalue weighted by atomic mass is 10.0. The minimum Gasteiger partial charge on any atom is -0.390 e. The molecule has 0 saturated carbocycles. The third-order valence-corrected chi connectivity index (χ3v) is 6.15. The van der Waals surface area contributed by atoms with Crippen molar-refractivity contribution in [1.82, 2.24) is 9.29 Å². The normalized spacial score (nSPS) is 14.2. The Kier molecular flexibility index (Phi) is 6.80. The van der Waals surface area contributed by atoms with Gasteiger partial charge in [0.25, 0.3) is 26.6 Å². The number of nitrogens with one attached hydrogen (secondary N) is 1. The number of aliphatic hydroxyl groups is 2. The van der Waals surface area contributed by atoms with Crippen LogP contribution < -0.4 is 10.3 Å². The largest absolute Gasteiger partial charge is 0.390 e. The summed E-state index contributed by atoms with van der Waals surface area (Å²) in [5.74, 6) is -4.22. The number of benzene rings is 1. The number of aliphatic hydroxyl groups excluding tert-OH is 1. The van der Waals surface area contributed by atoms with Gasteiger partial charge in [-0.1, -0.05) is 31.2 Å². The zero-order chi connectivity index (χ0) is 22.7. The fraction of sp³-hybridized carbons (Fsp3) is 0.368. The number of aromatic nitrogens is 1. The molecule has 0 fully saturated rings. The molecule has 1 atom stereocenters. The minimum atomic E-state index is -4.65. The van der Waals surface area contributed by atoms with Gasteiger partial charge in [0, 0.05) is 31.2 Å². The number of pyridine rings is 1. The SMILES string of the molecule is CCCC(=O)NS(=O)(=O)C(C)(O)n1ccc(-c2ccc(C(F)(F)CO)cc2)cc1=O. The van der Waals surface area contributed by atoms with Crippen molar-refractivity contribution in [3.8, 4) is 11.1 Å². The van der Waals surface area contributed by atoms with Crippen LogP contribution in [0.15, 0.2) is 47.4 Å². The molecule has 0 aliphatic rings. The molecule has 1 amide bonds. The fourth-order valence-corrected chi connectivity index (χ4v) is 3.66. The topological polar surface area (TPSA) is 126 Å². The average Bonchev–Trinajstić information content (AvgIpc) is 2.67. The number of hydrogen-bond donors (Lipinski definition) is 3. The molecule has 2 aromatic rings. The van der Waals surface area contributed by atoms with Crippen LogP contribution in [0.25, 0.3) is 11.1 Å². The highest BCUT2D eigenvalue weighted by Gasteiger charge is 2.40. The van der Waals surface area contributed by atoms with Gasteiger partial charge in [-0.25, -0.2) is 13.1 Å². The van der Waals surface area contributed by atoms with Crippen LogP contribution >= 0.6 is 0 Å². The summed E-state index contributed by atoms with van der Waals surface area (Å²) in [6, 6.07) is 7.17. The number of rotatable bonds is 8. The molecule has 0 aliphatic heterocycles. The van der Waals surface area contributed by atoms with Gasteiger partial charge in [-0.05, 0) is 23.6 Å². The molecule has 0 bridgehead atoms. The van der Waals surface area contributed by atoms with Crippen molar-refractivity contribution in [3.05, 3.63) is 58.5 Å². The third kappa shape index (κ3) is 4.74. The summed E-state index contributed by atoms with van der Waals surface area (Å²) in [5.41, 5.74) is -0.622. The van der Waals surface area contributed by atoms with Crippen molar-refractivity contribution in [2.45, 2.75) is 37.7 Å².